The zero-order chi connectivity index (χ0) is 10.2. The first-order valence-corrected chi connectivity index (χ1v) is 5.33. The van der Waals surface area contributed by atoms with Crippen LogP contribution in [0.25, 0.3) is 0 Å². The van der Waals surface area contributed by atoms with Crippen LogP contribution in [0.3, 0.4) is 0 Å². The predicted octanol–water partition coefficient (Wildman–Crippen LogP) is 1.54. The van der Waals surface area contributed by atoms with Gasteiger partial charge in [0.25, 0.3) is 5.92 Å². The molecule has 0 aromatic carbocycles. The first-order valence-electron chi connectivity index (χ1n) is 5.33. The van der Waals surface area contributed by atoms with Crippen LogP contribution in [0.2, 0.25) is 0 Å². The fraction of sp³-hybridized carbons (Fsp3) is 1.00. The Bertz CT molecular complexity index is 214. The van der Waals surface area contributed by atoms with Crippen LogP contribution in [-0.4, -0.2) is 29.7 Å². The average molecular weight is 205 g/mol. The fourth-order valence-corrected chi connectivity index (χ4v) is 2.19. The molecule has 0 bridgehead atoms. The number of rotatable bonds is 3. The van der Waals surface area contributed by atoms with Crippen LogP contribution in [0, 0.1) is 5.92 Å². The van der Waals surface area contributed by atoms with Gasteiger partial charge in [-0.25, -0.2) is 8.78 Å². The summed E-state index contributed by atoms with van der Waals surface area (Å²) in [5.74, 6) is -2.90. The maximum atomic E-state index is 12.6. The normalized spacial score (nSPS) is 40.9. The lowest BCUT2D eigenvalue weighted by molar-refractivity contribution is 0.00155. The summed E-state index contributed by atoms with van der Waals surface area (Å²) in [5.41, 5.74) is -0.725. The smallest absolute Gasteiger partial charge is 0.251 e. The largest absolute Gasteiger partial charge is 0.389 e. The van der Waals surface area contributed by atoms with Gasteiger partial charge in [-0.1, -0.05) is 0 Å². The third-order valence-electron chi connectivity index (χ3n) is 3.36. The summed E-state index contributed by atoms with van der Waals surface area (Å²) in [6.07, 6.45) is 2.69. The van der Waals surface area contributed by atoms with E-state index < -0.39 is 17.4 Å². The summed E-state index contributed by atoms with van der Waals surface area (Å²) in [5, 5.41) is 13.1. The highest BCUT2D eigenvalue weighted by atomic mass is 19.3. The molecular weight excluding hydrogens is 188 g/mol. The molecule has 2 nitrogen and oxygen atoms in total. The van der Waals surface area contributed by atoms with Crippen molar-refractivity contribution in [2.24, 2.45) is 5.92 Å². The Labute approximate surface area is 82.7 Å². The van der Waals surface area contributed by atoms with Crippen LogP contribution in [0.4, 0.5) is 8.78 Å². The number of nitrogens with one attached hydrogen (secondary N) is 1. The number of β-amino-alcohol motifs (C(OH)–C–C–N with tert-alkyl or cyclic N) is 1. The first-order chi connectivity index (χ1) is 6.52. The topological polar surface area (TPSA) is 32.3 Å². The minimum absolute atomic E-state index is 0.0243. The lowest BCUT2D eigenvalue weighted by Crippen LogP contribution is -2.45. The van der Waals surface area contributed by atoms with Gasteiger partial charge in [-0.2, -0.15) is 0 Å². The summed E-state index contributed by atoms with van der Waals surface area (Å²) in [6, 6.07) is 0. The molecule has 0 aromatic rings. The van der Waals surface area contributed by atoms with Gasteiger partial charge in [0, 0.05) is 18.9 Å². The summed E-state index contributed by atoms with van der Waals surface area (Å²) in [7, 11) is 0. The zero-order valence-electron chi connectivity index (χ0n) is 8.23. The summed E-state index contributed by atoms with van der Waals surface area (Å²) in [6.45, 7) is 1.49. The van der Waals surface area contributed by atoms with E-state index in [-0.39, 0.29) is 6.42 Å². The molecule has 1 saturated heterocycles. The number of aliphatic hydroxyl groups is 1. The first kappa shape index (κ1) is 10.3. The Morgan fingerprint density at radius 2 is 2.14 bits per heavy atom. The van der Waals surface area contributed by atoms with E-state index in [1.54, 1.807) is 0 Å². The lowest BCUT2D eigenvalue weighted by Gasteiger charge is -2.32. The van der Waals surface area contributed by atoms with Crippen molar-refractivity contribution in [3.63, 3.8) is 0 Å². The number of hydrogen-bond donors (Lipinski definition) is 2. The molecule has 1 saturated carbocycles. The third kappa shape index (κ3) is 2.23. The highest BCUT2D eigenvalue weighted by Gasteiger charge is 2.56. The van der Waals surface area contributed by atoms with Gasteiger partial charge >= 0.3 is 0 Å². The summed E-state index contributed by atoms with van der Waals surface area (Å²) < 4.78 is 25.2. The Balaban J connectivity index is 1.74. The van der Waals surface area contributed by atoms with E-state index in [0.29, 0.717) is 19.4 Å². The molecule has 1 heterocycles. The van der Waals surface area contributed by atoms with E-state index in [0.717, 1.165) is 19.4 Å². The standard InChI is InChI=1S/C10H17F2NO/c11-10(12)6-8(10)2-4-9(14)3-1-5-13-7-9/h8,13-14H,1-7H2. The van der Waals surface area contributed by atoms with Gasteiger partial charge in [-0.3, -0.25) is 0 Å². The van der Waals surface area contributed by atoms with Crippen molar-refractivity contribution in [3.8, 4) is 0 Å². The van der Waals surface area contributed by atoms with Crippen molar-refractivity contribution in [2.75, 3.05) is 13.1 Å². The molecule has 2 N–H and O–H groups in total. The van der Waals surface area contributed by atoms with E-state index >= 15 is 0 Å². The minimum atomic E-state index is -2.43. The van der Waals surface area contributed by atoms with Gasteiger partial charge in [0.05, 0.1) is 5.60 Å². The van der Waals surface area contributed by atoms with E-state index in [1.807, 2.05) is 0 Å². The maximum absolute atomic E-state index is 12.6. The monoisotopic (exact) mass is 205 g/mol. The molecule has 0 amide bonds. The van der Waals surface area contributed by atoms with Crippen LogP contribution in [-0.2, 0) is 0 Å². The molecular formula is C10H17F2NO. The molecule has 2 rings (SSSR count). The second kappa shape index (κ2) is 3.42. The molecule has 14 heavy (non-hydrogen) atoms. The number of halogens is 2. The van der Waals surface area contributed by atoms with Crippen LogP contribution in [0.15, 0.2) is 0 Å². The molecule has 0 radical (unpaired) electrons. The second-order valence-electron chi connectivity index (χ2n) is 4.71. The molecule has 0 aromatic heterocycles. The second-order valence-corrected chi connectivity index (χ2v) is 4.71. The van der Waals surface area contributed by atoms with Crippen LogP contribution in [0.5, 0.6) is 0 Å². The molecule has 0 spiro atoms. The Morgan fingerprint density at radius 1 is 1.43 bits per heavy atom. The number of alkyl halides is 2. The lowest BCUT2D eigenvalue weighted by atomic mass is 9.88. The Hall–Kier alpha value is -0.220. The van der Waals surface area contributed by atoms with Gasteiger partial charge in [-0.05, 0) is 32.2 Å². The Morgan fingerprint density at radius 3 is 2.64 bits per heavy atom. The van der Waals surface area contributed by atoms with Crippen molar-refractivity contribution in [1.82, 2.24) is 5.32 Å². The molecule has 2 aliphatic rings. The highest BCUT2D eigenvalue weighted by molar-refractivity contribution is 4.97. The van der Waals surface area contributed by atoms with Crippen molar-refractivity contribution in [3.05, 3.63) is 0 Å². The maximum Gasteiger partial charge on any atom is 0.251 e. The minimum Gasteiger partial charge on any atom is -0.389 e. The predicted molar refractivity (Wildman–Crippen MR) is 49.3 cm³/mol. The molecule has 2 unspecified atom stereocenters. The highest BCUT2D eigenvalue weighted by Crippen LogP contribution is 2.51. The van der Waals surface area contributed by atoms with E-state index in [4.69, 9.17) is 0 Å². The Kier molecular flexibility index (Phi) is 2.52. The van der Waals surface area contributed by atoms with Crippen molar-refractivity contribution in [1.29, 1.82) is 0 Å². The number of piperidine rings is 1. The molecule has 1 aliphatic carbocycles. The van der Waals surface area contributed by atoms with Crippen LogP contribution < -0.4 is 5.32 Å². The third-order valence-corrected chi connectivity index (χ3v) is 3.36. The van der Waals surface area contributed by atoms with Gasteiger partial charge < -0.3 is 10.4 Å². The summed E-state index contributed by atoms with van der Waals surface area (Å²) in [4.78, 5) is 0. The molecule has 82 valence electrons. The SMILES string of the molecule is OC1(CCC2CC2(F)F)CCCNC1. The summed E-state index contributed by atoms with van der Waals surface area (Å²) >= 11 is 0. The van der Waals surface area contributed by atoms with Gasteiger partial charge in [0.1, 0.15) is 0 Å². The quantitative estimate of drug-likeness (QED) is 0.732. The van der Waals surface area contributed by atoms with E-state index in [1.165, 1.54) is 0 Å². The van der Waals surface area contributed by atoms with Crippen LogP contribution >= 0.6 is 0 Å². The molecule has 1 aliphatic heterocycles. The van der Waals surface area contributed by atoms with Crippen molar-refractivity contribution >= 4 is 0 Å². The van der Waals surface area contributed by atoms with E-state index in [9.17, 15) is 13.9 Å². The van der Waals surface area contributed by atoms with Crippen molar-refractivity contribution < 1.29 is 13.9 Å². The van der Waals surface area contributed by atoms with Crippen molar-refractivity contribution in [2.45, 2.75) is 43.6 Å². The average Bonchev–Trinajstić information content (AvgIpc) is 2.73. The van der Waals surface area contributed by atoms with Gasteiger partial charge in [-0.15, -0.1) is 0 Å². The molecule has 2 atom stereocenters. The molecule has 2 fully saturated rings. The molecule has 4 heteroatoms. The van der Waals surface area contributed by atoms with Gasteiger partial charge in [0.2, 0.25) is 0 Å². The van der Waals surface area contributed by atoms with Gasteiger partial charge in [0.15, 0.2) is 0 Å². The van der Waals surface area contributed by atoms with E-state index in [2.05, 4.69) is 5.32 Å². The zero-order valence-corrected chi connectivity index (χ0v) is 8.23. The van der Waals surface area contributed by atoms with Crippen LogP contribution in [0.1, 0.15) is 32.1 Å². The number of hydrogen-bond acceptors (Lipinski definition) is 2. The fourth-order valence-electron chi connectivity index (χ4n) is 2.19.